The second-order valence-corrected chi connectivity index (χ2v) is 6.36. The molecule has 0 unspecified atom stereocenters. The minimum Gasteiger partial charge on any atom is -0.313 e. The van der Waals surface area contributed by atoms with Crippen LogP contribution in [0.2, 0.25) is 0 Å². The molecule has 4 heteroatoms. The quantitative estimate of drug-likeness (QED) is 0.785. The summed E-state index contributed by atoms with van der Waals surface area (Å²) in [5.41, 5.74) is 0.865. The molecule has 0 spiro atoms. The highest BCUT2D eigenvalue weighted by atomic mass is 79.9. The van der Waals surface area contributed by atoms with Crippen molar-refractivity contribution in [1.82, 2.24) is 10.6 Å². The van der Waals surface area contributed by atoms with Gasteiger partial charge < -0.3 is 10.6 Å². The normalized spacial score (nSPS) is 11.8. The summed E-state index contributed by atoms with van der Waals surface area (Å²) in [5.74, 6) is -0.154. The van der Waals surface area contributed by atoms with E-state index >= 15 is 0 Å². The lowest BCUT2D eigenvalue weighted by molar-refractivity contribution is 0.418. The zero-order valence-electron chi connectivity index (χ0n) is 11.3. The van der Waals surface area contributed by atoms with E-state index in [9.17, 15) is 4.39 Å². The van der Waals surface area contributed by atoms with E-state index < -0.39 is 0 Å². The first kappa shape index (κ1) is 15.6. The van der Waals surface area contributed by atoms with Crippen molar-refractivity contribution in [1.29, 1.82) is 0 Å². The molecule has 18 heavy (non-hydrogen) atoms. The highest BCUT2D eigenvalue weighted by Gasteiger charge is 2.07. The molecule has 102 valence electrons. The van der Waals surface area contributed by atoms with E-state index in [-0.39, 0.29) is 11.4 Å². The molecule has 0 atom stereocenters. The molecule has 0 aliphatic heterocycles. The van der Waals surface area contributed by atoms with Crippen LogP contribution < -0.4 is 10.6 Å². The summed E-state index contributed by atoms with van der Waals surface area (Å²) < 4.78 is 14.3. The lowest BCUT2D eigenvalue weighted by atomic mass is 10.1. The molecule has 0 fully saturated rings. The van der Waals surface area contributed by atoms with Crippen molar-refractivity contribution in [2.24, 2.45) is 0 Å². The van der Waals surface area contributed by atoms with Crippen LogP contribution in [0.1, 0.15) is 32.8 Å². The van der Waals surface area contributed by atoms with Crippen LogP contribution in [0.5, 0.6) is 0 Å². The monoisotopic (exact) mass is 316 g/mol. The lowest BCUT2D eigenvalue weighted by Crippen LogP contribution is -2.37. The van der Waals surface area contributed by atoms with Gasteiger partial charge in [-0.05, 0) is 58.5 Å². The molecule has 0 bridgehead atoms. The van der Waals surface area contributed by atoms with Gasteiger partial charge >= 0.3 is 0 Å². The third-order valence-corrected chi connectivity index (χ3v) is 3.00. The van der Waals surface area contributed by atoms with Crippen LogP contribution in [0.4, 0.5) is 4.39 Å². The molecule has 0 saturated carbocycles. The summed E-state index contributed by atoms with van der Waals surface area (Å²) in [6.45, 7) is 8.87. The van der Waals surface area contributed by atoms with Crippen molar-refractivity contribution in [3.63, 3.8) is 0 Å². The number of nitrogens with one attached hydrogen (secondary N) is 2. The Bertz CT molecular complexity index is 375. The van der Waals surface area contributed by atoms with Gasteiger partial charge in [-0.15, -0.1) is 0 Å². The summed E-state index contributed by atoms with van der Waals surface area (Å²) in [4.78, 5) is 0. The van der Waals surface area contributed by atoms with Crippen molar-refractivity contribution in [2.45, 2.75) is 39.3 Å². The smallest absolute Gasteiger partial charge is 0.127 e. The number of rotatable bonds is 6. The summed E-state index contributed by atoms with van der Waals surface area (Å²) in [6, 6.07) is 5.02. The predicted molar refractivity (Wildman–Crippen MR) is 78.2 cm³/mol. The van der Waals surface area contributed by atoms with Gasteiger partial charge in [-0.25, -0.2) is 4.39 Å². The van der Waals surface area contributed by atoms with Gasteiger partial charge in [0.05, 0.1) is 0 Å². The Hall–Kier alpha value is -0.450. The third-order valence-electron chi connectivity index (χ3n) is 2.51. The maximum Gasteiger partial charge on any atom is 0.127 e. The molecule has 0 aliphatic rings. The van der Waals surface area contributed by atoms with Crippen LogP contribution in [0, 0.1) is 5.82 Å². The Morgan fingerprint density at radius 3 is 2.61 bits per heavy atom. The second-order valence-electron chi connectivity index (χ2n) is 5.44. The minimum absolute atomic E-state index is 0.154. The van der Waals surface area contributed by atoms with Gasteiger partial charge in [-0.2, -0.15) is 0 Å². The third kappa shape index (κ3) is 6.47. The van der Waals surface area contributed by atoms with Gasteiger partial charge in [0.25, 0.3) is 0 Å². The number of halogens is 2. The Balaban J connectivity index is 2.20. The van der Waals surface area contributed by atoms with Crippen molar-refractivity contribution < 1.29 is 4.39 Å². The topological polar surface area (TPSA) is 24.1 Å². The fourth-order valence-corrected chi connectivity index (χ4v) is 1.99. The largest absolute Gasteiger partial charge is 0.313 e. The standard InChI is InChI=1S/C14H22BrFN2/c1-14(2,3)18-8-4-7-17-10-11-9-12(15)5-6-13(11)16/h5-6,9,17-18H,4,7-8,10H2,1-3H3. The van der Waals surface area contributed by atoms with E-state index in [2.05, 4.69) is 47.3 Å². The molecule has 2 N–H and O–H groups in total. The van der Waals surface area contributed by atoms with Crippen molar-refractivity contribution >= 4 is 15.9 Å². The van der Waals surface area contributed by atoms with Gasteiger partial charge in [0, 0.05) is 22.1 Å². The highest BCUT2D eigenvalue weighted by molar-refractivity contribution is 9.10. The lowest BCUT2D eigenvalue weighted by Gasteiger charge is -2.20. The maximum atomic E-state index is 13.4. The average molecular weight is 317 g/mol. The average Bonchev–Trinajstić information content (AvgIpc) is 2.26. The number of benzene rings is 1. The molecular formula is C14H22BrFN2. The Labute approximate surface area is 117 Å². The van der Waals surface area contributed by atoms with Gasteiger partial charge in [0.2, 0.25) is 0 Å². The first-order valence-electron chi connectivity index (χ1n) is 6.28. The molecule has 0 amide bonds. The van der Waals surface area contributed by atoms with Crippen LogP contribution in [-0.2, 0) is 6.54 Å². The van der Waals surface area contributed by atoms with Crippen LogP contribution in [0.25, 0.3) is 0 Å². The molecule has 0 aliphatic carbocycles. The molecular weight excluding hydrogens is 295 g/mol. The molecule has 1 rings (SSSR count). The summed E-state index contributed by atoms with van der Waals surface area (Å²) >= 11 is 3.35. The number of hydrogen-bond donors (Lipinski definition) is 2. The van der Waals surface area contributed by atoms with Crippen molar-refractivity contribution in [2.75, 3.05) is 13.1 Å². The molecule has 0 aromatic heterocycles. The molecule has 1 aromatic rings. The van der Waals surface area contributed by atoms with E-state index in [1.807, 2.05) is 6.07 Å². The van der Waals surface area contributed by atoms with Gasteiger partial charge in [-0.3, -0.25) is 0 Å². The fourth-order valence-electron chi connectivity index (χ4n) is 1.58. The zero-order chi connectivity index (χ0) is 13.6. The van der Waals surface area contributed by atoms with E-state index in [1.54, 1.807) is 6.07 Å². The Morgan fingerprint density at radius 2 is 1.94 bits per heavy atom. The Morgan fingerprint density at radius 1 is 1.22 bits per heavy atom. The highest BCUT2D eigenvalue weighted by Crippen LogP contribution is 2.15. The molecule has 0 saturated heterocycles. The predicted octanol–water partition coefficient (Wildman–Crippen LogP) is 3.46. The van der Waals surface area contributed by atoms with Gasteiger partial charge in [0.1, 0.15) is 5.82 Å². The van der Waals surface area contributed by atoms with Crippen LogP contribution >= 0.6 is 15.9 Å². The van der Waals surface area contributed by atoms with Crippen LogP contribution in [0.3, 0.4) is 0 Å². The summed E-state index contributed by atoms with van der Waals surface area (Å²) in [7, 11) is 0. The maximum absolute atomic E-state index is 13.4. The first-order valence-corrected chi connectivity index (χ1v) is 7.07. The fraction of sp³-hybridized carbons (Fsp3) is 0.571. The summed E-state index contributed by atoms with van der Waals surface area (Å²) in [5, 5.41) is 6.67. The molecule has 2 nitrogen and oxygen atoms in total. The van der Waals surface area contributed by atoms with Crippen LogP contribution in [-0.4, -0.2) is 18.6 Å². The molecule has 1 aromatic carbocycles. The van der Waals surface area contributed by atoms with E-state index in [4.69, 9.17) is 0 Å². The van der Waals surface area contributed by atoms with Gasteiger partial charge in [0.15, 0.2) is 0 Å². The van der Waals surface area contributed by atoms with E-state index in [0.717, 1.165) is 24.0 Å². The minimum atomic E-state index is -0.154. The van der Waals surface area contributed by atoms with Crippen molar-refractivity contribution in [3.05, 3.63) is 34.1 Å². The first-order chi connectivity index (χ1) is 8.38. The Kier molecular flexibility index (Phi) is 6.26. The van der Waals surface area contributed by atoms with E-state index in [1.165, 1.54) is 6.07 Å². The molecule has 0 radical (unpaired) electrons. The van der Waals surface area contributed by atoms with Crippen molar-refractivity contribution in [3.8, 4) is 0 Å². The van der Waals surface area contributed by atoms with E-state index in [0.29, 0.717) is 12.1 Å². The SMILES string of the molecule is CC(C)(C)NCCCNCc1cc(Br)ccc1F. The number of hydrogen-bond acceptors (Lipinski definition) is 2. The van der Waals surface area contributed by atoms with Gasteiger partial charge in [-0.1, -0.05) is 15.9 Å². The zero-order valence-corrected chi connectivity index (χ0v) is 12.9. The molecule has 0 heterocycles. The second kappa shape index (κ2) is 7.22. The summed E-state index contributed by atoms with van der Waals surface area (Å²) in [6.07, 6.45) is 1.03. The van der Waals surface area contributed by atoms with Crippen LogP contribution in [0.15, 0.2) is 22.7 Å².